The van der Waals surface area contributed by atoms with E-state index in [0.717, 1.165) is 0 Å². The van der Waals surface area contributed by atoms with Crippen LogP contribution in [-0.2, 0) is 31.2 Å². The number of hydrogen-bond donors (Lipinski definition) is 0. The zero-order valence-corrected chi connectivity index (χ0v) is 10.2. The van der Waals surface area contributed by atoms with Crippen LogP contribution in [0.2, 0.25) is 0 Å². The fourth-order valence-electron chi connectivity index (χ4n) is 0. The maximum absolute atomic E-state index is 8.00. The van der Waals surface area contributed by atoms with Crippen LogP contribution in [0.25, 0.3) is 0 Å². The van der Waals surface area contributed by atoms with Crippen LogP contribution >= 0.6 is 0 Å². The Morgan fingerprint density at radius 1 is 0.929 bits per heavy atom. The van der Waals surface area contributed by atoms with Gasteiger partial charge in [-0.25, -0.2) is 19.6 Å². The van der Waals surface area contributed by atoms with Crippen LogP contribution in [0.3, 0.4) is 0 Å². The van der Waals surface area contributed by atoms with Crippen LogP contribution in [0.1, 0.15) is 20.8 Å². The van der Waals surface area contributed by atoms with E-state index in [1.165, 1.54) is 12.0 Å². The molecule has 0 saturated heterocycles. The van der Waals surface area contributed by atoms with Gasteiger partial charge in [-0.15, -0.1) is 0 Å². The summed E-state index contributed by atoms with van der Waals surface area (Å²) >= 11 is 0. The predicted octanol–water partition coefficient (Wildman–Crippen LogP) is 2.07. The molecule has 0 unspecified atom stereocenters. The first-order valence-corrected chi connectivity index (χ1v) is 3.18. The van der Waals surface area contributed by atoms with E-state index in [1.54, 1.807) is 0 Å². The summed E-state index contributed by atoms with van der Waals surface area (Å²) in [6.07, 6.45) is 1.50. The molecule has 0 heterocycles. The fourth-order valence-corrected chi connectivity index (χ4v) is 0. The number of carbonyl (C=O) groups is 3. The molecule has 0 spiro atoms. The molecular weight excluding hydrogens is 227 g/mol. The third-order valence-corrected chi connectivity index (χ3v) is 0. The zero-order valence-electron chi connectivity index (χ0n) is 9.17. The Balaban J connectivity index is -0.0000000146. The van der Waals surface area contributed by atoms with Crippen molar-refractivity contribution in [3.05, 3.63) is 25.5 Å². The van der Waals surface area contributed by atoms with E-state index < -0.39 is 0 Å². The minimum absolute atomic E-state index is 0. The van der Waals surface area contributed by atoms with Gasteiger partial charge >= 0.3 is 16.8 Å². The van der Waals surface area contributed by atoms with E-state index in [0.29, 0.717) is 0 Å². The normalized spacial score (nSPS) is 4.29. The first kappa shape index (κ1) is 38.0. The molecule has 0 atom stereocenters. The smallest absolute Gasteiger partial charge is 0.323 e. The number of carbonyl (C=O) groups excluding carboxylic acids is 3. The fraction of sp³-hybridized carbons (Fsp3) is 0.300. The van der Waals surface area contributed by atoms with Gasteiger partial charge in [0, 0.05) is 0 Å². The Bertz CT molecular complexity index is 60.9. The van der Waals surface area contributed by atoms with E-state index in [9.17, 15) is 0 Å². The molecule has 0 aromatic carbocycles. The Morgan fingerprint density at radius 2 is 0.929 bits per heavy atom. The molecule has 87 valence electrons. The molecule has 4 heteroatoms. The van der Waals surface area contributed by atoms with Crippen molar-refractivity contribution in [1.82, 2.24) is 0 Å². The van der Waals surface area contributed by atoms with Gasteiger partial charge in [0.1, 0.15) is 20.4 Å². The maximum atomic E-state index is 8.00. The van der Waals surface area contributed by atoms with Crippen molar-refractivity contribution in [3.63, 3.8) is 0 Å². The molecule has 0 fully saturated rings. The van der Waals surface area contributed by atoms with E-state index in [2.05, 4.69) is 34.3 Å². The van der Waals surface area contributed by atoms with E-state index in [-0.39, 0.29) is 16.8 Å². The molecule has 0 N–H and O–H groups in total. The molecule has 0 amide bonds. The number of allylic oxidation sites excluding steroid dienone is 1. The van der Waals surface area contributed by atoms with Crippen LogP contribution < -0.4 is 0 Å². The van der Waals surface area contributed by atoms with Crippen molar-refractivity contribution in [2.24, 2.45) is 0 Å². The molecule has 1 radical (unpaired) electrons. The topological polar surface area (TPSA) is 51.2 Å². The van der Waals surface area contributed by atoms with Crippen molar-refractivity contribution in [2.75, 3.05) is 0 Å². The minimum Gasteiger partial charge on any atom is -0.323 e. The molecule has 0 bridgehead atoms. The molecule has 0 rings (SSSR count). The largest absolute Gasteiger partial charge is 2.00 e. The van der Waals surface area contributed by atoms with Gasteiger partial charge in [0.15, 0.2) is 0 Å². The second-order valence-corrected chi connectivity index (χ2v) is 1.79. The Kier molecular flexibility index (Phi) is 417. The van der Waals surface area contributed by atoms with Crippen LogP contribution in [-0.4, -0.2) is 20.4 Å². The predicted molar refractivity (Wildman–Crippen MR) is 57.2 cm³/mol. The average Bonchev–Trinajstić information content (AvgIpc) is 2.14. The number of rotatable bonds is 0. The van der Waals surface area contributed by atoms with Crippen molar-refractivity contribution in [1.29, 1.82) is 0 Å². The summed E-state index contributed by atoms with van der Waals surface area (Å²) < 4.78 is 0. The molecule has 14 heavy (non-hydrogen) atoms. The van der Waals surface area contributed by atoms with E-state index in [1.807, 2.05) is 20.4 Å². The summed E-state index contributed by atoms with van der Waals surface area (Å²) in [5.74, 6) is 1.42. The third kappa shape index (κ3) is 1500. The molecule has 0 aromatic rings. The first-order valence-electron chi connectivity index (χ1n) is 3.18. The van der Waals surface area contributed by atoms with Gasteiger partial charge in [-0.1, -0.05) is 0 Å². The van der Waals surface area contributed by atoms with Gasteiger partial charge in [-0.3, -0.25) is 0 Å². The van der Waals surface area contributed by atoms with Crippen molar-refractivity contribution >= 4 is 20.4 Å². The standard InChI is InChI=1S/C4H9.C3H5.3CH2O.Co/c1-4(2)3;1-3-2;3*1-2;/h1-3H3;3H,1-2H2;3*1H2;/q2*-1;;;;+2. The summed E-state index contributed by atoms with van der Waals surface area (Å²) in [4.78, 5) is 24.0. The summed E-state index contributed by atoms with van der Waals surface area (Å²) in [7, 11) is 0. The Morgan fingerprint density at radius 3 is 0.929 bits per heavy atom. The molecule has 0 aliphatic carbocycles. The zero-order chi connectivity index (χ0) is 12.3. The quantitative estimate of drug-likeness (QED) is 0.616. The van der Waals surface area contributed by atoms with Gasteiger partial charge < -0.3 is 20.3 Å². The molecule has 3 nitrogen and oxygen atoms in total. The third-order valence-electron chi connectivity index (χ3n) is 0. The van der Waals surface area contributed by atoms with E-state index in [4.69, 9.17) is 14.4 Å². The van der Waals surface area contributed by atoms with Crippen molar-refractivity contribution in [3.8, 4) is 0 Å². The van der Waals surface area contributed by atoms with E-state index >= 15 is 0 Å². The number of hydrogen-bond acceptors (Lipinski definition) is 3. The first-order chi connectivity index (χ1) is 6.15. The van der Waals surface area contributed by atoms with Gasteiger partial charge in [-0.05, 0) is 0 Å². The van der Waals surface area contributed by atoms with Gasteiger partial charge in [-0.2, -0.15) is 20.8 Å². The van der Waals surface area contributed by atoms with Crippen LogP contribution in [0.5, 0.6) is 0 Å². The maximum Gasteiger partial charge on any atom is 2.00 e. The molecule has 0 saturated carbocycles. The SMILES string of the molecule is C=C[CH2-].C=O.C=O.C=O.C[C-](C)C.[Co+2]. The minimum atomic E-state index is 0. The average molecular weight is 247 g/mol. The molecule has 0 aromatic heterocycles. The Labute approximate surface area is 98.2 Å². The van der Waals surface area contributed by atoms with Crippen molar-refractivity contribution in [2.45, 2.75) is 20.8 Å². The van der Waals surface area contributed by atoms with Crippen LogP contribution in [0.15, 0.2) is 12.7 Å². The monoisotopic (exact) mass is 247 g/mol. The van der Waals surface area contributed by atoms with Crippen molar-refractivity contribution < 1.29 is 31.2 Å². The summed E-state index contributed by atoms with van der Waals surface area (Å²) in [5.41, 5.74) is 0. The molecular formula is C10H20CoO3. The second kappa shape index (κ2) is 154. The van der Waals surface area contributed by atoms with Crippen LogP contribution in [0, 0.1) is 12.8 Å². The van der Waals surface area contributed by atoms with Gasteiger partial charge in [0.25, 0.3) is 0 Å². The summed E-state index contributed by atoms with van der Waals surface area (Å²) in [5, 5.41) is 0. The van der Waals surface area contributed by atoms with Gasteiger partial charge in [0.05, 0.1) is 0 Å². The molecule has 0 aliphatic heterocycles. The Hall–Kier alpha value is -0.874. The van der Waals surface area contributed by atoms with Crippen LogP contribution in [0.4, 0.5) is 0 Å². The summed E-state index contributed by atoms with van der Waals surface area (Å²) in [6.45, 7) is 18.8. The molecule has 0 aliphatic rings. The van der Waals surface area contributed by atoms with Gasteiger partial charge in [0.2, 0.25) is 0 Å². The second-order valence-electron chi connectivity index (χ2n) is 1.79. The summed E-state index contributed by atoms with van der Waals surface area (Å²) in [6, 6.07) is 0.